The van der Waals surface area contributed by atoms with Crippen LogP contribution in [0, 0.1) is 0 Å². The average molecular weight is 521 g/mol. The van der Waals surface area contributed by atoms with Gasteiger partial charge in [0, 0.05) is 27.0 Å². The third-order valence-corrected chi connectivity index (χ3v) is 6.53. The molecule has 6 nitrogen and oxygen atoms in total. The van der Waals surface area contributed by atoms with Crippen LogP contribution in [0.2, 0.25) is 0 Å². The molecule has 1 amide bonds. The van der Waals surface area contributed by atoms with Gasteiger partial charge in [0.1, 0.15) is 0 Å². The summed E-state index contributed by atoms with van der Waals surface area (Å²) in [5, 5.41) is 11.9. The number of halogens is 1. The number of thioether (sulfide) groups is 1. The number of carbonyl (C=O) groups is 2. The SMILES string of the molecule is CC(=O)c1ccc(NC(=O)[C@H](C)Sc2nnc(-c3ccc(Br)cc3)n2-c2ccccc2)cc1. The molecule has 1 heterocycles. The van der Waals surface area contributed by atoms with Crippen LogP contribution in [-0.4, -0.2) is 31.7 Å². The monoisotopic (exact) mass is 520 g/mol. The second-order valence-electron chi connectivity index (χ2n) is 7.37. The Bertz CT molecular complexity index is 1270. The molecule has 0 radical (unpaired) electrons. The van der Waals surface area contributed by atoms with Gasteiger partial charge in [0.05, 0.1) is 5.25 Å². The molecule has 4 rings (SSSR count). The first kappa shape index (κ1) is 22.9. The van der Waals surface area contributed by atoms with E-state index in [1.165, 1.54) is 18.7 Å². The van der Waals surface area contributed by atoms with Crippen LogP contribution < -0.4 is 5.32 Å². The summed E-state index contributed by atoms with van der Waals surface area (Å²) in [6.07, 6.45) is 0. The van der Waals surface area contributed by atoms with Gasteiger partial charge in [-0.15, -0.1) is 10.2 Å². The molecule has 0 saturated heterocycles. The Morgan fingerprint density at radius 3 is 2.24 bits per heavy atom. The lowest BCUT2D eigenvalue weighted by Gasteiger charge is -2.14. The maximum Gasteiger partial charge on any atom is 0.237 e. The van der Waals surface area contributed by atoms with E-state index in [1.54, 1.807) is 24.3 Å². The van der Waals surface area contributed by atoms with Crippen molar-refractivity contribution < 1.29 is 9.59 Å². The van der Waals surface area contributed by atoms with Crippen molar-refractivity contribution in [3.8, 4) is 17.1 Å². The largest absolute Gasteiger partial charge is 0.325 e. The highest BCUT2D eigenvalue weighted by molar-refractivity contribution is 9.10. The third kappa shape index (κ3) is 5.40. The van der Waals surface area contributed by atoms with Gasteiger partial charge in [0.25, 0.3) is 0 Å². The second-order valence-corrected chi connectivity index (χ2v) is 9.59. The Morgan fingerprint density at radius 1 is 0.939 bits per heavy atom. The Balaban J connectivity index is 1.58. The average Bonchev–Trinajstić information content (AvgIpc) is 3.23. The van der Waals surface area contributed by atoms with Crippen molar-refractivity contribution in [2.24, 2.45) is 0 Å². The number of ketones is 1. The van der Waals surface area contributed by atoms with Crippen molar-refractivity contribution in [3.63, 3.8) is 0 Å². The van der Waals surface area contributed by atoms with Crippen molar-refractivity contribution in [3.05, 3.63) is 88.9 Å². The first-order valence-electron chi connectivity index (χ1n) is 10.3. The standard InChI is InChI=1S/C25H21BrN4O2S/c1-16(31)18-10-14-21(15-11-18)27-24(32)17(2)33-25-29-28-23(19-8-12-20(26)13-9-19)30(25)22-6-4-3-5-7-22/h3-15,17H,1-2H3,(H,27,32)/t17-/m0/s1. The predicted molar refractivity (Wildman–Crippen MR) is 135 cm³/mol. The van der Waals surface area contributed by atoms with Gasteiger partial charge in [-0.3, -0.25) is 14.2 Å². The van der Waals surface area contributed by atoms with Gasteiger partial charge in [0.2, 0.25) is 5.91 Å². The summed E-state index contributed by atoms with van der Waals surface area (Å²) in [6.45, 7) is 3.34. The fraction of sp³-hybridized carbons (Fsp3) is 0.120. The van der Waals surface area contributed by atoms with Crippen molar-refractivity contribution in [1.29, 1.82) is 0 Å². The second kappa shape index (κ2) is 10.1. The zero-order valence-corrected chi connectivity index (χ0v) is 20.4. The summed E-state index contributed by atoms with van der Waals surface area (Å²) in [5.74, 6) is 0.519. The normalized spacial score (nSPS) is 11.7. The fourth-order valence-electron chi connectivity index (χ4n) is 3.19. The molecule has 0 fully saturated rings. The van der Waals surface area contributed by atoms with Gasteiger partial charge in [-0.05, 0) is 62.4 Å². The fourth-order valence-corrected chi connectivity index (χ4v) is 4.32. The first-order valence-corrected chi connectivity index (χ1v) is 11.9. The van der Waals surface area contributed by atoms with E-state index in [4.69, 9.17) is 0 Å². The van der Waals surface area contributed by atoms with Crippen LogP contribution in [0.25, 0.3) is 17.1 Å². The molecule has 4 aromatic rings. The van der Waals surface area contributed by atoms with Crippen LogP contribution in [0.1, 0.15) is 24.2 Å². The minimum Gasteiger partial charge on any atom is -0.325 e. The number of benzene rings is 3. The predicted octanol–water partition coefficient (Wildman–Crippen LogP) is 6.02. The lowest BCUT2D eigenvalue weighted by atomic mass is 10.1. The lowest BCUT2D eigenvalue weighted by Crippen LogP contribution is -2.23. The van der Waals surface area contributed by atoms with E-state index in [9.17, 15) is 9.59 Å². The molecule has 0 aliphatic heterocycles. The van der Waals surface area contributed by atoms with E-state index in [0.717, 1.165) is 15.7 Å². The molecular weight excluding hydrogens is 500 g/mol. The molecule has 0 saturated carbocycles. The lowest BCUT2D eigenvalue weighted by molar-refractivity contribution is -0.115. The Labute approximate surface area is 204 Å². The molecular formula is C25H21BrN4O2S. The van der Waals surface area contributed by atoms with Crippen molar-refractivity contribution >= 4 is 45.1 Å². The Hall–Kier alpha value is -3.23. The van der Waals surface area contributed by atoms with Crippen molar-refractivity contribution in [2.45, 2.75) is 24.3 Å². The van der Waals surface area contributed by atoms with Gasteiger partial charge < -0.3 is 5.32 Å². The molecule has 1 atom stereocenters. The number of nitrogens with one attached hydrogen (secondary N) is 1. The maximum absolute atomic E-state index is 12.8. The number of anilines is 1. The minimum atomic E-state index is -0.429. The number of carbonyl (C=O) groups excluding carboxylic acids is 2. The van der Waals surface area contributed by atoms with E-state index >= 15 is 0 Å². The number of nitrogens with zero attached hydrogens (tertiary/aromatic N) is 3. The summed E-state index contributed by atoms with van der Waals surface area (Å²) >= 11 is 4.80. The molecule has 0 spiro atoms. The van der Waals surface area contributed by atoms with Crippen molar-refractivity contribution in [2.75, 3.05) is 5.32 Å². The highest BCUT2D eigenvalue weighted by Gasteiger charge is 2.22. The summed E-state index contributed by atoms with van der Waals surface area (Å²) in [4.78, 5) is 24.3. The van der Waals surface area contributed by atoms with Crippen LogP contribution in [-0.2, 0) is 4.79 Å². The molecule has 166 valence electrons. The Kier molecular flexibility index (Phi) is 7.05. The van der Waals surface area contributed by atoms with Gasteiger partial charge in [0.15, 0.2) is 16.8 Å². The molecule has 1 N–H and O–H groups in total. The summed E-state index contributed by atoms with van der Waals surface area (Å²) in [5.41, 5.74) is 3.07. The summed E-state index contributed by atoms with van der Waals surface area (Å²) < 4.78 is 2.94. The zero-order chi connectivity index (χ0) is 23.4. The van der Waals surface area contributed by atoms with Crippen LogP contribution in [0.15, 0.2) is 88.5 Å². The third-order valence-electron chi connectivity index (χ3n) is 4.96. The first-order chi connectivity index (χ1) is 15.9. The molecule has 0 unspecified atom stereocenters. The number of para-hydroxylation sites is 1. The number of hydrogen-bond acceptors (Lipinski definition) is 5. The smallest absolute Gasteiger partial charge is 0.237 e. The summed E-state index contributed by atoms with van der Waals surface area (Å²) in [6, 6.07) is 24.5. The van der Waals surface area contributed by atoms with E-state index in [0.29, 0.717) is 22.2 Å². The molecule has 3 aromatic carbocycles. The highest BCUT2D eigenvalue weighted by Crippen LogP contribution is 2.31. The minimum absolute atomic E-state index is 0.0152. The van der Waals surface area contributed by atoms with Crippen LogP contribution >= 0.6 is 27.7 Å². The number of rotatable bonds is 7. The van der Waals surface area contributed by atoms with E-state index < -0.39 is 5.25 Å². The number of hydrogen-bond donors (Lipinski definition) is 1. The van der Waals surface area contributed by atoms with E-state index in [-0.39, 0.29) is 11.7 Å². The van der Waals surface area contributed by atoms with Gasteiger partial charge in [-0.1, -0.05) is 58.0 Å². The zero-order valence-electron chi connectivity index (χ0n) is 18.0. The highest BCUT2D eigenvalue weighted by atomic mass is 79.9. The van der Waals surface area contributed by atoms with Crippen molar-refractivity contribution in [1.82, 2.24) is 14.8 Å². The molecule has 0 aliphatic carbocycles. The number of Topliss-reactive ketones (excluding diaryl/α,β-unsaturated/α-hetero) is 1. The topological polar surface area (TPSA) is 76.9 Å². The van der Waals surface area contributed by atoms with Crippen LogP contribution in [0.3, 0.4) is 0 Å². The quantitative estimate of drug-likeness (QED) is 0.238. The molecule has 8 heteroatoms. The number of amides is 1. The van der Waals surface area contributed by atoms with Gasteiger partial charge >= 0.3 is 0 Å². The van der Waals surface area contributed by atoms with Gasteiger partial charge in [-0.2, -0.15) is 0 Å². The van der Waals surface area contributed by atoms with Crippen LogP contribution in [0.4, 0.5) is 5.69 Å². The van der Waals surface area contributed by atoms with E-state index in [2.05, 4.69) is 31.4 Å². The summed E-state index contributed by atoms with van der Waals surface area (Å²) in [7, 11) is 0. The van der Waals surface area contributed by atoms with Crippen LogP contribution in [0.5, 0.6) is 0 Å². The number of aromatic nitrogens is 3. The van der Waals surface area contributed by atoms with E-state index in [1.807, 2.05) is 66.1 Å². The molecule has 33 heavy (non-hydrogen) atoms. The maximum atomic E-state index is 12.8. The molecule has 0 bridgehead atoms. The van der Waals surface area contributed by atoms with Gasteiger partial charge in [-0.25, -0.2) is 0 Å². The Morgan fingerprint density at radius 2 is 1.61 bits per heavy atom. The molecule has 0 aliphatic rings. The molecule has 1 aromatic heterocycles.